The summed E-state index contributed by atoms with van der Waals surface area (Å²) in [7, 11) is 1.85. The van der Waals surface area contributed by atoms with Crippen LogP contribution >= 0.6 is 11.6 Å². The SMILES string of the molecule is Cc1nocc1C(=O)NC(Cc1cc(-c2ccnc(C(O)C3CC3)c2)ccc1Cl)C(=O)Nc1ccc(-c2nncn2C)cc1. The number of aryl methyl sites for hydroxylation is 2. The number of aromatic nitrogens is 5. The summed E-state index contributed by atoms with van der Waals surface area (Å²) in [4.78, 5) is 31.2. The zero-order valence-corrected chi connectivity index (χ0v) is 24.8. The number of anilines is 1. The van der Waals surface area contributed by atoms with Gasteiger partial charge in [-0.2, -0.15) is 0 Å². The number of rotatable bonds is 10. The lowest BCUT2D eigenvalue weighted by Gasteiger charge is -2.20. The molecule has 11 nitrogen and oxygen atoms in total. The number of halogens is 1. The molecule has 12 heteroatoms. The standard InChI is InChI=1S/C32H30ClN7O4/c1-18-25(16-44-39-18)31(42)37-28(32(43)36-24-8-5-20(6-9-24)30-38-35-17-40(30)2)15-23-13-21(7-10-26(23)33)22-11-12-34-27(14-22)29(41)19-3-4-19/h5-14,16-17,19,28-29,41H,3-4,15H2,1-2H3,(H,36,43)(H,37,42). The predicted molar refractivity (Wildman–Crippen MR) is 164 cm³/mol. The Morgan fingerprint density at radius 1 is 1.09 bits per heavy atom. The van der Waals surface area contributed by atoms with Crippen LogP contribution in [-0.2, 0) is 18.3 Å². The van der Waals surface area contributed by atoms with E-state index in [4.69, 9.17) is 16.1 Å². The van der Waals surface area contributed by atoms with E-state index in [2.05, 4.69) is 31.0 Å². The van der Waals surface area contributed by atoms with E-state index >= 15 is 0 Å². The Hall–Kier alpha value is -4.87. The number of nitrogens with one attached hydrogen (secondary N) is 2. The minimum atomic E-state index is -0.993. The molecule has 0 saturated heterocycles. The van der Waals surface area contributed by atoms with Gasteiger partial charge in [-0.1, -0.05) is 22.8 Å². The minimum Gasteiger partial charge on any atom is -0.387 e. The fraction of sp³-hybridized carbons (Fsp3) is 0.250. The second kappa shape index (κ2) is 12.4. The molecule has 0 spiro atoms. The Morgan fingerprint density at radius 3 is 2.52 bits per heavy atom. The Bertz CT molecular complexity index is 1810. The van der Waals surface area contributed by atoms with E-state index in [0.29, 0.717) is 33.5 Å². The van der Waals surface area contributed by atoms with Crippen molar-refractivity contribution in [1.29, 1.82) is 0 Å². The van der Waals surface area contributed by atoms with Gasteiger partial charge in [0.2, 0.25) is 5.91 Å². The lowest BCUT2D eigenvalue weighted by Crippen LogP contribution is -2.45. The maximum Gasteiger partial charge on any atom is 0.257 e. The third-order valence-electron chi connectivity index (χ3n) is 7.69. The van der Waals surface area contributed by atoms with Crippen LogP contribution in [0.4, 0.5) is 5.69 Å². The number of amides is 2. The second-order valence-electron chi connectivity index (χ2n) is 10.9. The van der Waals surface area contributed by atoms with E-state index in [1.54, 1.807) is 42.2 Å². The van der Waals surface area contributed by atoms with Crippen molar-refractivity contribution < 1.29 is 19.2 Å². The maximum absolute atomic E-state index is 13.7. The smallest absolute Gasteiger partial charge is 0.257 e. The molecular weight excluding hydrogens is 582 g/mol. The van der Waals surface area contributed by atoms with Crippen molar-refractivity contribution in [3.63, 3.8) is 0 Å². The summed E-state index contributed by atoms with van der Waals surface area (Å²) in [6.07, 6.45) is 6.03. The number of carbonyl (C=O) groups is 2. The third-order valence-corrected chi connectivity index (χ3v) is 8.06. The molecule has 5 aromatic rings. The zero-order valence-electron chi connectivity index (χ0n) is 24.1. The summed E-state index contributed by atoms with van der Waals surface area (Å²) >= 11 is 6.63. The van der Waals surface area contributed by atoms with Gasteiger partial charge >= 0.3 is 0 Å². The number of hydrogen-bond acceptors (Lipinski definition) is 8. The third kappa shape index (κ3) is 6.38. The minimum absolute atomic E-state index is 0.105. The van der Waals surface area contributed by atoms with E-state index < -0.39 is 24.0 Å². The van der Waals surface area contributed by atoms with Crippen LogP contribution in [0.1, 0.15) is 46.3 Å². The quantitative estimate of drug-likeness (QED) is 0.202. The van der Waals surface area contributed by atoms with Crippen LogP contribution < -0.4 is 10.6 Å². The monoisotopic (exact) mass is 611 g/mol. The molecule has 2 atom stereocenters. The van der Waals surface area contributed by atoms with Gasteiger partial charge in [0.25, 0.3) is 5.91 Å². The fourth-order valence-electron chi connectivity index (χ4n) is 5.01. The van der Waals surface area contributed by atoms with Crippen LogP contribution in [0.2, 0.25) is 5.02 Å². The highest BCUT2D eigenvalue weighted by atomic mass is 35.5. The number of pyridine rings is 1. The summed E-state index contributed by atoms with van der Waals surface area (Å²) in [6, 6.07) is 15.4. The number of carbonyl (C=O) groups excluding carboxylic acids is 2. The lowest BCUT2D eigenvalue weighted by molar-refractivity contribution is -0.118. The molecular formula is C32H30ClN7O4. The van der Waals surface area contributed by atoms with E-state index in [-0.39, 0.29) is 17.9 Å². The van der Waals surface area contributed by atoms with Crippen molar-refractivity contribution in [2.45, 2.75) is 38.3 Å². The van der Waals surface area contributed by atoms with Crippen molar-refractivity contribution in [2.24, 2.45) is 13.0 Å². The molecule has 6 rings (SSSR count). The summed E-state index contributed by atoms with van der Waals surface area (Å²) in [6.45, 7) is 1.65. The molecule has 1 aliphatic carbocycles. The van der Waals surface area contributed by atoms with E-state index in [1.165, 1.54) is 6.26 Å². The summed E-state index contributed by atoms with van der Waals surface area (Å²) in [5, 5.41) is 28.6. The Balaban J connectivity index is 1.25. The Kier molecular flexibility index (Phi) is 8.23. The molecule has 2 unspecified atom stereocenters. The molecule has 3 heterocycles. The average molecular weight is 612 g/mol. The fourth-order valence-corrected chi connectivity index (χ4v) is 5.20. The van der Waals surface area contributed by atoms with Gasteiger partial charge in [0, 0.05) is 35.9 Å². The molecule has 1 saturated carbocycles. The van der Waals surface area contributed by atoms with Gasteiger partial charge < -0.3 is 24.8 Å². The molecule has 3 aromatic heterocycles. The number of hydrogen-bond donors (Lipinski definition) is 3. The number of benzene rings is 2. The number of aliphatic hydroxyl groups is 1. The summed E-state index contributed by atoms with van der Waals surface area (Å²) in [5.41, 5.74) is 5.00. The molecule has 2 aromatic carbocycles. The number of aliphatic hydroxyl groups excluding tert-OH is 1. The van der Waals surface area contributed by atoms with Crippen molar-refractivity contribution in [3.8, 4) is 22.5 Å². The van der Waals surface area contributed by atoms with Gasteiger partial charge in [-0.3, -0.25) is 14.6 Å². The van der Waals surface area contributed by atoms with Crippen molar-refractivity contribution in [3.05, 3.63) is 101 Å². The first kappa shape index (κ1) is 29.2. The second-order valence-corrected chi connectivity index (χ2v) is 11.3. The first-order valence-electron chi connectivity index (χ1n) is 14.2. The van der Waals surface area contributed by atoms with Gasteiger partial charge in [-0.05, 0) is 90.9 Å². The van der Waals surface area contributed by atoms with Crippen molar-refractivity contribution >= 4 is 29.1 Å². The van der Waals surface area contributed by atoms with Gasteiger partial charge in [0.05, 0.1) is 17.5 Å². The van der Waals surface area contributed by atoms with Gasteiger partial charge in [0.15, 0.2) is 5.82 Å². The van der Waals surface area contributed by atoms with Crippen molar-refractivity contribution in [1.82, 2.24) is 30.2 Å². The van der Waals surface area contributed by atoms with Crippen LogP contribution in [0.25, 0.3) is 22.5 Å². The van der Waals surface area contributed by atoms with E-state index in [9.17, 15) is 14.7 Å². The molecule has 3 N–H and O–H groups in total. The molecule has 1 fully saturated rings. The van der Waals surface area contributed by atoms with Gasteiger partial charge in [-0.15, -0.1) is 10.2 Å². The molecule has 0 radical (unpaired) electrons. The molecule has 0 bridgehead atoms. The Labute approximate surface area is 258 Å². The van der Waals surface area contributed by atoms with Crippen LogP contribution in [0.15, 0.2) is 77.9 Å². The van der Waals surface area contributed by atoms with Crippen LogP contribution in [-0.4, -0.2) is 47.9 Å². The normalized spacial score (nSPS) is 14.2. The summed E-state index contributed by atoms with van der Waals surface area (Å²) in [5.74, 6) is 0.00855. The maximum atomic E-state index is 13.7. The molecule has 1 aliphatic rings. The molecule has 0 aliphatic heterocycles. The first-order chi connectivity index (χ1) is 21.3. The highest BCUT2D eigenvalue weighted by molar-refractivity contribution is 6.31. The Morgan fingerprint density at radius 2 is 1.84 bits per heavy atom. The first-order valence-corrected chi connectivity index (χ1v) is 14.5. The van der Waals surface area contributed by atoms with Gasteiger partial charge in [-0.25, -0.2) is 0 Å². The van der Waals surface area contributed by atoms with Crippen LogP contribution in [0.3, 0.4) is 0 Å². The largest absolute Gasteiger partial charge is 0.387 e. The topological polar surface area (TPSA) is 148 Å². The van der Waals surface area contributed by atoms with Crippen LogP contribution in [0.5, 0.6) is 0 Å². The van der Waals surface area contributed by atoms with Crippen molar-refractivity contribution in [2.75, 3.05) is 5.32 Å². The van der Waals surface area contributed by atoms with E-state index in [0.717, 1.165) is 29.5 Å². The molecule has 2 amide bonds. The molecule has 224 valence electrons. The molecule has 44 heavy (non-hydrogen) atoms. The summed E-state index contributed by atoms with van der Waals surface area (Å²) < 4.78 is 6.73. The van der Waals surface area contributed by atoms with Gasteiger partial charge in [0.1, 0.15) is 24.2 Å². The predicted octanol–water partition coefficient (Wildman–Crippen LogP) is 4.92. The zero-order chi connectivity index (χ0) is 30.8. The average Bonchev–Trinajstić information content (AvgIpc) is 3.65. The number of nitrogens with zero attached hydrogens (tertiary/aromatic N) is 5. The lowest BCUT2D eigenvalue weighted by atomic mass is 9.98. The van der Waals surface area contributed by atoms with Crippen LogP contribution in [0, 0.1) is 12.8 Å². The highest BCUT2D eigenvalue weighted by Gasteiger charge is 2.32. The van der Waals surface area contributed by atoms with E-state index in [1.807, 2.05) is 43.4 Å². The highest BCUT2D eigenvalue weighted by Crippen LogP contribution is 2.41.